The summed E-state index contributed by atoms with van der Waals surface area (Å²) in [5, 5.41) is 6.75. The van der Waals surface area contributed by atoms with Crippen LogP contribution in [0.15, 0.2) is 28.9 Å². The molecule has 1 aromatic carbocycles. The minimum absolute atomic E-state index is 0.401. The van der Waals surface area contributed by atoms with Crippen molar-refractivity contribution in [2.75, 3.05) is 7.11 Å². The van der Waals surface area contributed by atoms with Crippen molar-refractivity contribution in [1.29, 1.82) is 0 Å². The second-order valence-electron chi connectivity index (χ2n) is 3.69. The van der Waals surface area contributed by atoms with Gasteiger partial charge in [-0.2, -0.15) is 13.2 Å². The standard InChI is InChI=1S/C11H7BrF3N3O2/c1-20-6-2-3-7(12)9(4-6)18-5-8(16-17-18)10(19)11(13,14)15/h2-5H,1H3. The molecule has 0 saturated carbocycles. The Morgan fingerprint density at radius 3 is 2.70 bits per heavy atom. The van der Waals surface area contributed by atoms with Crippen LogP contribution in [0.3, 0.4) is 0 Å². The Hall–Kier alpha value is -1.90. The number of aromatic nitrogens is 3. The molecule has 1 aromatic heterocycles. The maximum absolute atomic E-state index is 12.3. The molecule has 0 aliphatic carbocycles. The molecule has 0 saturated heterocycles. The van der Waals surface area contributed by atoms with E-state index in [-0.39, 0.29) is 0 Å². The monoisotopic (exact) mass is 349 g/mol. The molecule has 1 heterocycles. The molecule has 2 aromatic rings. The van der Waals surface area contributed by atoms with Crippen molar-refractivity contribution in [2.45, 2.75) is 6.18 Å². The molecule has 2 rings (SSSR count). The van der Waals surface area contributed by atoms with Gasteiger partial charge in [0.25, 0.3) is 5.78 Å². The van der Waals surface area contributed by atoms with Crippen LogP contribution in [0.1, 0.15) is 10.5 Å². The predicted molar refractivity (Wildman–Crippen MR) is 66.0 cm³/mol. The summed E-state index contributed by atoms with van der Waals surface area (Å²) < 4.78 is 43.5. The molecule has 0 radical (unpaired) electrons. The Labute approximate surface area is 119 Å². The molecule has 0 N–H and O–H groups in total. The first-order chi connectivity index (χ1) is 9.32. The minimum Gasteiger partial charge on any atom is -0.497 e. The molecule has 9 heteroatoms. The average molecular weight is 350 g/mol. The Morgan fingerprint density at radius 2 is 2.10 bits per heavy atom. The number of nitrogens with zero attached hydrogens (tertiary/aromatic N) is 3. The normalized spacial score (nSPS) is 11.4. The number of ether oxygens (including phenoxy) is 1. The fourth-order valence-corrected chi connectivity index (χ4v) is 1.85. The van der Waals surface area contributed by atoms with Gasteiger partial charge in [0.2, 0.25) is 0 Å². The van der Waals surface area contributed by atoms with Gasteiger partial charge in [0.1, 0.15) is 5.75 Å². The molecule has 106 valence electrons. The summed E-state index contributed by atoms with van der Waals surface area (Å²) in [6.07, 6.45) is -4.07. The van der Waals surface area contributed by atoms with Gasteiger partial charge in [0, 0.05) is 10.5 Å². The summed E-state index contributed by atoms with van der Waals surface area (Å²) in [6.45, 7) is 0. The fraction of sp³-hybridized carbons (Fsp3) is 0.182. The molecule has 0 fully saturated rings. The Balaban J connectivity index is 2.41. The zero-order chi connectivity index (χ0) is 14.9. The smallest absolute Gasteiger partial charge is 0.456 e. The van der Waals surface area contributed by atoms with Crippen LogP contribution in [-0.2, 0) is 0 Å². The van der Waals surface area contributed by atoms with Gasteiger partial charge in [-0.05, 0) is 28.1 Å². The van der Waals surface area contributed by atoms with Crippen molar-refractivity contribution in [1.82, 2.24) is 15.0 Å². The van der Waals surface area contributed by atoms with E-state index in [4.69, 9.17) is 4.74 Å². The van der Waals surface area contributed by atoms with Gasteiger partial charge in [0.15, 0.2) is 5.69 Å². The van der Waals surface area contributed by atoms with Gasteiger partial charge in [-0.15, -0.1) is 5.10 Å². The summed E-state index contributed by atoms with van der Waals surface area (Å²) in [6, 6.07) is 4.84. The number of ketones is 1. The maximum Gasteiger partial charge on any atom is 0.456 e. The quantitative estimate of drug-likeness (QED) is 0.799. The van der Waals surface area contributed by atoms with Crippen molar-refractivity contribution < 1.29 is 22.7 Å². The highest BCUT2D eigenvalue weighted by Crippen LogP contribution is 2.26. The third kappa shape index (κ3) is 2.82. The molecule has 5 nitrogen and oxygen atoms in total. The molecular formula is C11H7BrF3N3O2. The minimum atomic E-state index is -4.98. The van der Waals surface area contributed by atoms with E-state index in [9.17, 15) is 18.0 Å². The molecule has 0 amide bonds. The number of hydrogen-bond acceptors (Lipinski definition) is 4. The van der Waals surface area contributed by atoms with Gasteiger partial charge in [0.05, 0.1) is 19.0 Å². The predicted octanol–water partition coefficient (Wildman–Crippen LogP) is 2.78. The summed E-state index contributed by atoms with van der Waals surface area (Å²) >= 11 is 3.23. The van der Waals surface area contributed by atoms with Crippen LogP contribution in [0.25, 0.3) is 5.69 Å². The van der Waals surface area contributed by atoms with E-state index in [1.165, 1.54) is 7.11 Å². The number of alkyl halides is 3. The number of rotatable bonds is 3. The van der Waals surface area contributed by atoms with Gasteiger partial charge in [-0.25, -0.2) is 4.68 Å². The average Bonchev–Trinajstić information content (AvgIpc) is 2.86. The van der Waals surface area contributed by atoms with E-state index < -0.39 is 17.7 Å². The first-order valence-corrected chi connectivity index (χ1v) is 6.00. The van der Waals surface area contributed by atoms with E-state index in [1.807, 2.05) is 0 Å². The lowest BCUT2D eigenvalue weighted by Gasteiger charge is -2.06. The molecular weight excluding hydrogens is 343 g/mol. The van der Waals surface area contributed by atoms with Gasteiger partial charge >= 0.3 is 6.18 Å². The van der Waals surface area contributed by atoms with Crippen LogP contribution < -0.4 is 4.74 Å². The van der Waals surface area contributed by atoms with Crippen LogP contribution in [0.5, 0.6) is 5.75 Å². The highest BCUT2D eigenvalue weighted by Gasteiger charge is 2.41. The third-order valence-electron chi connectivity index (χ3n) is 2.38. The van der Waals surface area contributed by atoms with Crippen molar-refractivity contribution in [3.05, 3.63) is 34.6 Å². The van der Waals surface area contributed by atoms with Crippen molar-refractivity contribution >= 4 is 21.7 Å². The number of halogens is 4. The molecule has 0 spiro atoms. The zero-order valence-electron chi connectivity index (χ0n) is 9.98. The number of carbonyl (C=O) groups is 1. The summed E-state index contributed by atoms with van der Waals surface area (Å²) in [5.41, 5.74) is -0.370. The van der Waals surface area contributed by atoms with Crippen LogP contribution in [-0.4, -0.2) is 34.1 Å². The molecule has 20 heavy (non-hydrogen) atoms. The van der Waals surface area contributed by atoms with Crippen molar-refractivity contribution in [3.63, 3.8) is 0 Å². The Kier molecular flexibility index (Phi) is 3.80. The Bertz CT molecular complexity index is 655. The highest BCUT2D eigenvalue weighted by atomic mass is 79.9. The summed E-state index contributed by atoms with van der Waals surface area (Å²) in [4.78, 5) is 11.0. The SMILES string of the molecule is COc1ccc(Br)c(-n2cc(C(=O)C(F)(F)F)nn2)c1. The van der Waals surface area contributed by atoms with Crippen LogP contribution in [0, 0.1) is 0 Å². The number of benzene rings is 1. The van der Waals surface area contributed by atoms with E-state index >= 15 is 0 Å². The van der Waals surface area contributed by atoms with Crippen molar-refractivity contribution in [3.8, 4) is 11.4 Å². The van der Waals surface area contributed by atoms with Crippen LogP contribution in [0.4, 0.5) is 13.2 Å². The number of Topliss-reactive ketones (excluding diaryl/α,β-unsaturated/α-hetero) is 1. The lowest BCUT2D eigenvalue weighted by Crippen LogP contribution is -2.23. The largest absolute Gasteiger partial charge is 0.497 e. The van der Waals surface area contributed by atoms with Crippen molar-refractivity contribution in [2.24, 2.45) is 0 Å². The lowest BCUT2D eigenvalue weighted by atomic mass is 10.3. The van der Waals surface area contributed by atoms with E-state index in [1.54, 1.807) is 18.2 Å². The van der Waals surface area contributed by atoms with Gasteiger partial charge in [-0.3, -0.25) is 4.79 Å². The fourth-order valence-electron chi connectivity index (χ4n) is 1.43. The first kappa shape index (κ1) is 14.5. The van der Waals surface area contributed by atoms with E-state index in [0.717, 1.165) is 10.9 Å². The lowest BCUT2D eigenvalue weighted by molar-refractivity contribution is -0.0888. The Morgan fingerprint density at radius 1 is 1.40 bits per heavy atom. The molecule has 0 aliphatic rings. The van der Waals surface area contributed by atoms with E-state index in [0.29, 0.717) is 15.9 Å². The maximum atomic E-state index is 12.3. The van der Waals surface area contributed by atoms with Gasteiger partial charge in [-0.1, -0.05) is 5.21 Å². The molecule has 0 bridgehead atoms. The highest BCUT2D eigenvalue weighted by molar-refractivity contribution is 9.10. The number of carbonyl (C=O) groups excluding carboxylic acids is 1. The second kappa shape index (κ2) is 5.23. The number of hydrogen-bond donors (Lipinski definition) is 0. The topological polar surface area (TPSA) is 57.0 Å². The second-order valence-corrected chi connectivity index (χ2v) is 4.55. The summed E-state index contributed by atoms with van der Waals surface area (Å²) in [5.74, 6) is -1.55. The molecule has 0 unspecified atom stereocenters. The molecule has 0 atom stereocenters. The summed E-state index contributed by atoms with van der Waals surface area (Å²) in [7, 11) is 1.45. The molecule has 0 aliphatic heterocycles. The van der Waals surface area contributed by atoms with Crippen LogP contribution in [0.2, 0.25) is 0 Å². The zero-order valence-corrected chi connectivity index (χ0v) is 11.6. The first-order valence-electron chi connectivity index (χ1n) is 5.20. The van der Waals surface area contributed by atoms with Crippen LogP contribution >= 0.6 is 15.9 Å². The van der Waals surface area contributed by atoms with E-state index in [2.05, 4.69) is 26.2 Å². The van der Waals surface area contributed by atoms with Gasteiger partial charge < -0.3 is 4.74 Å². The third-order valence-corrected chi connectivity index (χ3v) is 3.05. The number of methoxy groups -OCH3 is 1.